The van der Waals surface area contributed by atoms with Crippen molar-refractivity contribution in [2.45, 2.75) is 56.6 Å². The molecule has 2 atom stereocenters. The van der Waals surface area contributed by atoms with Crippen LogP contribution in [0.3, 0.4) is 0 Å². The zero-order valence-electron chi connectivity index (χ0n) is 15.6. The first-order valence-corrected chi connectivity index (χ1v) is 11.0. The van der Waals surface area contributed by atoms with Crippen molar-refractivity contribution < 1.29 is 9.53 Å². The largest absolute Gasteiger partial charge is 0.376 e. The molecule has 2 aromatic heterocycles. The highest BCUT2D eigenvalue weighted by Crippen LogP contribution is 2.40. The number of nitrogens with zero attached hydrogens (tertiary/aromatic N) is 4. The smallest absolute Gasteiger partial charge is 0.225 e. The van der Waals surface area contributed by atoms with Gasteiger partial charge in [-0.2, -0.15) is 0 Å². The number of ether oxygens (including phenoxy) is 1. The predicted molar refractivity (Wildman–Crippen MR) is 106 cm³/mol. The molecule has 3 saturated heterocycles. The number of carbonyl (C=O) groups is 1. The van der Waals surface area contributed by atoms with E-state index in [1.807, 2.05) is 6.20 Å². The van der Waals surface area contributed by atoms with Crippen LogP contribution in [0.2, 0.25) is 0 Å². The van der Waals surface area contributed by atoms with Crippen molar-refractivity contribution in [1.29, 1.82) is 0 Å². The molecule has 3 aliphatic rings. The Bertz CT molecular complexity index is 834. The molecule has 1 amide bonds. The Morgan fingerprint density at radius 1 is 1.26 bits per heavy atom. The standard InChI is InChI=1S/C20H26N4O2S/c25-18-4-7-20(24(18)14-15-3-1-11-26-15)6-2-9-23(10-8-20)19-21-13-17-16(22-19)5-12-27-17/h5,12-13,15H,1-4,6-11,14H2/t15-,20+/m0/s1. The fraction of sp³-hybridized carbons (Fsp3) is 0.650. The van der Waals surface area contributed by atoms with Gasteiger partial charge in [0.2, 0.25) is 11.9 Å². The Hall–Kier alpha value is -1.73. The second-order valence-electron chi connectivity index (χ2n) is 8.04. The van der Waals surface area contributed by atoms with Crippen molar-refractivity contribution in [2.24, 2.45) is 0 Å². The summed E-state index contributed by atoms with van der Waals surface area (Å²) in [5, 5.41) is 2.06. The number of thiophene rings is 1. The van der Waals surface area contributed by atoms with Crippen LogP contribution in [0.4, 0.5) is 5.95 Å². The van der Waals surface area contributed by atoms with E-state index in [-0.39, 0.29) is 11.6 Å². The highest BCUT2D eigenvalue weighted by atomic mass is 32.1. The lowest BCUT2D eigenvalue weighted by Gasteiger charge is -2.39. The molecule has 2 aromatic rings. The van der Waals surface area contributed by atoms with Crippen molar-refractivity contribution in [3.05, 3.63) is 17.6 Å². The van der Waals surface area contributed by atoms with Gasteiger partial charge in [0.15, 0.2) is 0 Å². The third-order valence-corrected chi connectivity index (χ3v) is 7.32. The SMILES string of the molecule is O=C1CC[C@@]2(CCCN(c3ncc4sccc4n3)CC2)N1C[C@@H]1CCCO1. The van der Waals surface area contributed by atoms with Crippen molar-refractivity contribution >= 4 is 33.4 Å². The maximum atomic E-state index is 12.6. The van der Waals surface area contributed by atoms with E-state index in [1.54, 1.807) is 11.3 Å². The normalized spacial score (nSPS) is 29.2. The third-order valence-electron chi connectivity index (χ3n) is 6.48. The molecule has 1 spiro atoms. The summed E-state index contributed by atoms with van der Waals surface area (Å²) in [5.41, 5.74) is 1.03. The fourth-order valence-corrected chi connectivity index (χ4v) is 5.66. The Kier molecular flexibility index (Phi) is 4.52. The minimum atomic E-state index is 0.00423. The second-order valence-corrected chi connectivity index (χ2v) is 8.99. The Labute approximate surface area is 163 Å². The first-order valence-electron chi connectivity index (χ1n) is 10.1. The van der Waals surface area contributed by atoms with Crippen molar-refractivity contribution in [3.8, 4) is 0 Å². The van der Waals surface area contributed by atoms with Crippen LogP contribution in [-0.2, 0) is 9.53 Å². The van der Waals surface area contributed by atoms with Gasteiger partial charge in [-0.05, 0) is 50.0 Å². The van der Waals surface area contributed by atoms with E-state index in [0.29, 0.717) is 12.3 Å². The average molecular weight is 387 g/mol. The van der Waals surface area contributed by atoms with Crippen LogP contribution in [0.5, 0.6) is 0 Å². The van der Waals surface area contributed by atoms with Gasteiger partial charge in [-0.25, -0.2) is 9.97 Å². The zero-order valence-corrected chi connectivity index (χ0v) is 16.4. The van der Waals surface area contributed by atoms with E-state index in [1.165, 1.54) is 0 Å². The van der Waals surface area contributed by atoms with Crippen molar-refractivity contribution in [3.63, 3.8) is 0 Å². The average Bonchev–Trinajstić information content (AvgIpc) is 3.38. The summed E-state index contributed by atoms with van der Waals surface area (Å²) in [6, 6.07) is 2.06. The van der Waals surface area contributed by atoms with Gasteiger partial charge < -0.3 is 14.5 Å². The molecule has 0 N–H and O–H groups in total. The van der Waals surface area contributed by atoms with Gasteiger partial charge in [0.1, 0.15) is 0 Å². The number of carbonyl (C=O) groups excluding carboxylic acids is 1. The van der Waals surface area contributed by atoms with Crippen LogP contribution in [-0.4, -0.2) is 58.7 Å². The molecule has 0 unspecified atom stereocenters. The van der Waals surface area contributed by atoms with Gasteiger partial charge in [0, 0.05) is 38.2 Å². The maximum Gasteiger partial charge on any atom is 0.225 e. The molecule has 3 fully saturated rings. The van der Waals surface area contributed by atoms with Crippen molar-refractivity contribution in [2.75, 3.05) is 31.1 Å². The quantitative estimate of drug-likeness (QED) is 0.811. The molecule has 27 heavy (non-hydrogen) atoms. The van der Waals surface area contributed by atoms with E-state index in [2.05, 4.69) is 26.2 Å². The van der Waals surface area contributed by atoms with Gasteiger partial charge >= 0.3 is 0 Å². The molecule has 144 valence electrons. The first-order chi connectivity index (χ1) is 13.2. The van der Waals surface area contributed by atoms with E-state index in [9.17, 15) is 4.79 Å². The van der Waals surface area contributed by atoms with Crippen LogP contribution in [0.1, 0.15) is 44.9 Å². The summed E-state index contributed by atoms with van der Waals surface area (Å²) in [5.74, 6) is 1.14. The molecule has 0 aliphatic carbocycles. The molecule has 5 heterocycles. The molecule has 0 bridgehead atoms. The monoisotopic (exact) mass is 386 g/mol. The number of fused-ring (bicyclic) bond motifs is 1. The summed E-state index contributed by atoms with van der Waals surface area (Å²) in [7, 11) is 0. The Morgan fingerprint density at radius 2 is 2.22 bits per heavy atom. The highest BCUT2D eigenvalue weighted by Gasteiger charge is 2.46. The van der Waals surface area contributed by atoms with E-state index in [4.69, 9.17) is 9.72 Å². The number of likely N-dealkylation sites (tertiary alicyclic amines) is 1. The van der Waals surface area contributed by atoms with Gasteiger partial charge in [-0.3, -0.25) is 4.79 Å². The predicted octanol–water partition coefficient (Wildman–Crippen LogP) is 3.22. The summed E-state index contributed by atoms with van der Waals surface area (Å²) in [4.78, 5) is 26.5. The number of aromatic nitrogens is 2. The molecule has 0 radical (unpaired) electrons. The second kappa shape index (κ2) is 7.02. The minimum Gasteiger partial charge on any atom is -0.376 e. The molecule has 0 aromatic carbocycles. The first kappa shape index (κ1) is 17.4. The Morgan fingerprint density at radius 3 is 3.11 bits per heavy atom. The topological polar surface area (TPSA) is 58.6 Å². The van der Waals surface area contributed by atoms with Gasteiger partial charge in [-0.1, -0.05) is 0 Å². The summed E-state index contributed by atoms with van der Waals surface area (Å²) in [6.07, 6.45) is 9.18. The summed E-state index contributed by atoms with van der Waals surface area (Å²) in [6.45, 7) is 3.48. The molecule has 3 aliphatic heterocycles. The van der Waals surface area contributed by atoms with Gasteiger partial charge in [0.25, 0.3) is 0 Å². The van der Waals surface area contributed by atoms with Gasteiger partial charge in [0.05, 0.1) is 22.5 Å². The number of rotatable bonds is 3. The summed E-state index contributed by atoms with van der Waals surface area (Å²) >= 11 is 1.68. The lowest BCUT2D eigenvalue weighted by molar-refractivity contribution is -0.133. The van der Waals surface area contributed by atoms with E-state index < -0.39 is 0 Å². The molecule has 0 saturated carbocycles. The van der Waals surface area contributed by atoms with Crippen LogP contribution >= 0.6 is 11.3 Å². The molecule has 7 heteroatoms. The number of hydrogen-bond donors (Lipinski definition) is 0. The molecular weight excluding hydrogens is 360 g/mol. The lowest BCUT2D eigenvalue weighted by atomic mass is 9.87. The molecule has 6 nitrogen and oxygen atoms in total. The number of amides is 1. The lowest BCUT2D eigenvalue weighted by Crippen LogP contribution is -2.49. The third kappa shape index (κ3) is 3.21. The summed E-state index contributed by atoms with van der Waals surface area (Å²) < 4.78 is 6.96. The van der Waals surface area contributed by atoms with Crippen LogP contribution in [0.15, 0.2) is 17.6 Å². The van der Waals surface area contributed by atoms with Crippen LogP contribution in [0.25, 0.3) is 10.2 Å². The highest BCUT2D eigenvalue weighted by molar-refractivity contribution is 7.17. The Balaban J connectivity index is 1.33. The van der Waals surface area contributed by atoms with Crippen LogP contribution in [0, 0.1) is 0 Å². The fourth-order valence-electron chi connectivity index (χ4n) is 4.97. The molecular formula is C20H26N4O2S. The van der Waals surface area contributed by atoms with Crippen molar-refractivity contribution in [1.82, 2.24) is 14.9 Å². The molecule has 5 rings (SSSR count). The van der Waals surface area contributed by atoms with Gasteiger partial charge in [-0.15, -0.1) is 11.3 Å². The minimum absolute atomic E-state index is 0.00423. The maximum absolute atomic E-state index is 12.6. The number of hydrogen-bond acceptors (Lipinski definition) is 6. The zero-order chi connectivity index (χ0) is 18.3. The van der Waals surface area contributed by atoms with E-state index in [0.717, 1.165) is 80.9 Å². The van der Waals surface area contributed by atoms with Crippen LogP contribution < -0.4 is 4.90 Å². The number of anilines is 1. The van der Waals surface area contributed by atoms with E-state index >= 15 is 0 Å².